The normalized spacial score (nSPS) is 28.1. The van der Waals surface area contributed by atoms with Gasteiger partial charge in [0, 0.05) is 65.6 Å². The van der Waals surface area contributed by atoms with E-state index in [1.54, 1.807) is 30.5 Å². The summed E-state index contributed by atoms with van der Waals surface area (Å²) in [5, 5.41) is 3.34. The van der Waals surface area contributed by atoms with Gasteiger partial charge in [-0.2, -0.15) is 0 Å². The number of carbonyl (C=O) groups is 7. The van der Waals surface area contributed by atoms with Gasteiger partial charge in [-0.05, 0) is 24.3 Å². The van der Waals surface area contributed by atoms with Gasteiger partial charge in [-0.25, -0.2) is 0 Å². The second-order valence-corrected chi connectivity index (χ2v) is 12.2. The largest absolute Gasteiger partial charge is 0.463 e. The molecule has 2 aliphatic rings. The lowest BCUT2D eigenvalue weighted by Gasteiger charge is -2.49. The van der Waals surface area contributed by atoms with E-state index >= 15 is 0 Å². The minimum absolute atomic E-state index is 0.251. The van der Waals surface area contributed by atoms with Crippen LogP contribution in [0.1, 0.15) is 48.5 Å². The van der Waals surface area contributed by atoms with Crippen LogP contribution in [0.25, 0.3) is 10.9 Å². The predicted molar refractivity (Wildman–Crippen MR) is 174 cm³/mol. The maximum absolute atomic E-state index is 12.6. The van der Waals surface area contributed by atoms with Gasteiger partial charge < -0.3 is 57.7 Å². The number of aromatic nitrogens is 1. The number of H-pyrrole nitrogens is 1. The van der Waals surface area contributed by atoms with Crippen LogP contribution in [0, 0.1) is 0 Å². The summed E-state index contributed by atoms with van der Waals surface area (Å²) in [5.74, 6) is -5.23. The van der Waals surface area contributed by atoms with E-state index in [4.69, 9.17) is 47.4 Å². The number of hydrogen-bond acceptors (Lipinski definition) is 17. The molecule has 0 saturated carbocycles. The van der Waals surface area contributed by atoms with Crippen molar-refractivity contribution in [1.82, 2.24) is 10.3 Å². The lowest BCUT2D eigenvalue weighted by molar-refractivity contribution is -0.340. The fourth-order valence-electron chi connectivity index (χ4n) is 5.91. The fourth-order valence-corrected chi connectivity index (χ4v) is 5.91. The summed E-state index contributed by atoms with van der Waals surface area (Å²) in [5.41, 5.74) is 0.790. The predicted octanol–water partition coefficient (Wildman–Crippen LogP) is 0.739. The Morgan fingerprint density at radius 3 is 1.66 bits per heavy atom. The Hall–Kier alpha value is -5.27. The molecule has 1 amide bonds. The summed E-state index contributed by atoms with van der Waals surface area (Å²) in [6.45, 7) is 6.69. The van der Waals surface area contributed by atoms with Crippen LogP contribution in [0.2, 0.25) is 0 Å². The highest BCUT2D eigenvalue weighted by Crippen LogP contribution is 2.35. The van der Waals surface area contributed by atoms with E-state index in [0.29, 0.717) is 0 Å². The molecular weight excluding hydrogens is 708 g/mol. The van der Waals surface area contributed by atoms with Crippen molar-refractivity contribution >= 4 is 52.6 Å². The van der Waals surface area contributed by atoms with E-state index in [1.165, 1.54) is 0 Å². The van der Waals surface area contributed by atoms with Gasteiger partial charge >= 0.3 is 35.8 Å². The van der Waals surface area contributed by atoms with Gasteiger partial charge in [0.05, 0.1) is 0 Å². The van der Waals surface area contributed by atoms with Crippen LogP contribution in [0.5, 0.6) is 5.75 Å². The first-order valence-electron chi connectivity index (χ1n) is 16.4. The second kappa shape index (κ2) is 18.0. The minimum atomic E-state index is -1.71. The molecule has 2 aromatic rings. The standard InChI is InChI=1S/C34H42N2O17/c1-15(37)36-27-30(48-20(6)42)28(46-18(4)40)25(13-44-16(2)38)51-33(27)53-31-29(47-19(5)41)26(14-45-17(3)39)52-34(32(31)49-21(7)43)50-23-8-9-24-22(12-23)10-11-35-24/h8-12,25-35H,13-14H2,1-7H3,(H,36,37)/t25-,26-,27-,28-,29-,30-,31+,32-,33+,34-/m1/s1. The average molecular weight is 751 g/mol. The van der Waals surface area contributed by atoms with Crippen molar-refractivity contribution in [3.05, 3.63) is 30.5 Å². The van der Waals surface area contributed by atoms with Crippen molar-refractivity contribution in [2.24, 2.45) is 0 Å². The molecule has 2 aliphatic heterocycles. The Balaban J connectivity index is 1.85. The van der Waals surface area contributed by atoms with Crippen LogP contribution in [-0.2, 0) is 76.2 Å². The smallest absolute Gasteiger partial charge is 0.303 e. The van der Waals surface area contributed by atoms with E-state index in [2.05, 4.69) is 10.3 Å². The lowest BCUT2D eigenvalue weighted by Crippen LogP contribution is -2.69. The Labute approximate surface area is 303 Å². The first-order valence-corrected chi connectivity index (χ1v) is 16.4. The molecule has 2 fully saturated rings. The van der Waals surface area contributed by atoms with Crippen LogP contribution < -0.4 is 10.1 Å². The monoisotopic (exact) mass is 750 g/mol. The maximum Gasteiger partial charge on any atom is 0.303 e. The molecule has 2 N–H and O–H groups in total. The summed E-state index contributed by atoms with van der Waals surface area (Å²) in [6.07, 6.45) is -11.9. The molecule has 0 unspecified atom stereocenters. The average Bonchev–Trinajstić information content (AvgIpc) is 3.51. The van der Waals surface area contributed by atoms with Crippen LogP contribution in [0.15, 0.2) is 30.5 Å². The number of rotatable bonds is 13. The molecule has 1 aromatic heterocycles. The molecule has 0 aliphatic carbocycles. The SMILES string of the molecule is CC(=O)N[C@H]1[C@H](O[C@@H]2[C@@H](OC(C)=O)[C@H](Oc3ccc4[nH]ccc4c3)O[C@H](COC(C)=O)[C@H]2OC(C)=O)O[C@H](COC(C)=O)[C@@H](OC(C)=O)[C@@H]1OC(C)=O. The van der Waals surface area contributed by atoms with Crippen LogP contribution in [-0.4, -0.2) is 121 Å². The number of nitrogens with one attached hydrogen (secondary N) is 2. The molecule has 4 rings (SSSR count). The van der Waals surface area contributed by atoms with Crippen molar-refractivity contribution in [2.75, 3.05) is 13.2 Å². The van der Waals surface area contributed by atoms with Gasteiger partial charge in [0.1, 0.15) is 43.3 Å². The minimum Gasteiger partial charge on any atom is -0.463 e. The molecule has 0 spiro atoms. The highest BCUT2D eigenvalue weighted by Gasteiger charge is 2.57. The van der Waals surface area contributed by atoms with Crippen LogP contribution in [0.3, 0.4) is 0 Å². The molecule has 19 heteroatoms. The van der Waals surface area contributed by atoms with Gasteiger partial charge in [0.2, 0.25) is 12.2 Å². The first-order chi connectivity index (χ1) is 25.0. The van der Waals surface area contributed by atoms with Crippen molar-refractivity contribution in [2.45, 2.75) is 110 Å². The zero-order chi connectivity index (χ0) is 39.0. The van der Waals surface area contributed by atoms with Crippen molar-refractivity contribution in [3.8, 4) is 5.75 Å². The number of amides is 1. The van der Waals surface area contributed by atoms with E-state index in [1.807, 2.05) is 0 Å². The van der Waals surface area contributed by atoms with Crippen LogP contribution in [0.4, 0.5) is 0 Å². The van der Waals surface area contributed by atoms with Gasteiger partial charge in [-0.3, -0.25) is 33.6 Å². The molecule has 2 saturated heterocycles. The molecule has 19 nitrogen and oxygen atoms in total. The summed E-state index contributed by atoms with van der Waals surface area (Å²) in [6, 6.07) is 5.33. The highest BCUT2D eigenvalue weighted by molar-refractivity contribution is 5.80. The number of fused-ring (bicyclic) bond motifs is 1. The Morgan fingerprint density at radius 2 is 1.13 bits per heavy atom. The van der Waals surface area contributed by atoms with Gasteiger partial charge in [-0.15, -0.1) is 0 Å². The zero-order valence-electron chi connectivity index (χ0n) is 30.0. The Morgan fingerprint density at radius 1 is 0.623 bits per heavy atom. The van der Waals surface area contributed by atoms with Crippen molar-refractivity contribution < 1.29 is 80.9 Å². The Kier molecular flexibility index (Phi) is 13.7. The number of ether oxygens (including phenoxy) is 10. The number of hydrogen-bond donors (Lipinski definition) is 2. The molecule has 53 heavy (non-hydrogen) atoms. The first kappa shape index (κ1) is 40.5. The van der Waals surface area contributed by atoms with Gasteiger partial charge in [0.15, 0.2) is 30.7 Å². The van der Waals surface area contributed by atoms with E-state index in [0.717, 1.165) is 59.4 Å². The molecule has 3 heterocycles. The number of esters is 6. The molecule has 10 atom stereocenters. The maximum atomic E-state index is 12.6. The summed E-state index contributed by atoms with van der Waals surface area (Å²) >= 11 is 0. The third kappa shape index (κ3) is 11.1. The molecular formula is C34H42N2O17. The number of carbonyl (C=O) groups excluding carboxylic acids is 7. The fraction of sp³-hybridized carbons (Fsp3) is 0.559. The second-order valence-electron chi connectivity index (χ2n) is 12.2. The lowest BCUT2D eigenvalue weighted by atomic mass is 9.94. The highest BCUT2D eigenvalue weighted by atomic mass is 16.8. The molecule has 290 valence electrons. The van der Waals surface area contributed by atoms with Crippen molar-refractivity contribution in [3.63, 3.8) is 0 Å². The summed E-state index contributed by atoms with van der Waals surface area (Å²) < 4.78 is 57.7. The number of benzene rings is 1. The quantitative estimate of drug-likeness (QED) is 0.212. The van der Waals surface area contributed by atoms with E-state index < -0.39 is 116 Å². The number of aromatic amines is 1. The van der Waals surface area contributed by atoms with E-state index in [9.17, 15) is 33.6 Å². The molecule has 0 bridgehead atoms. The summed E-state index contributed by atoms with van der Waals surface area (Å²) in [7, 11) is 0. The zero-order valence-corrected chi connectivity index (χ0v) is 30.0. The van der Waals surface area contributed by atoms with Gasteiger partial charge in [-0.1, -0.05) is 0 Å². The molecule has 1 aromatic carbocycles. The summed E-state index contributed by atoms with van der Waals surface area (Å²) in [4.78, 5) is 89.2. The Bertz CT molecular complexity index is 1670. The third-order valence-corrected chi connectivity index (χ3v) is 7.79. The third-order valence-electron chi connectivity index (χ3n) is 7.79. The van der Waals surface area contributed by atoms with Crippen LogP contribution >= 0.6 is 0 Å². The molecule has 0 radical (unpaired) electrons. The van der Waals surface area contributed by atoms with E-state index in [-0.39, 0.29) is 5.75 Å². The topological polar surface area (TPSA) is 240 Å². The van der Waals surface area contributed by atoms with Crippen molar-refractivity contribution in [1.29, 1.82) is 0 Å². The van der Waals surface area contributed by atoms with Gasteiger partial charge in [0.25, 0.3) is 0 Å².